The van der Waals surface area contributed by atoms with Crippen LogP contribution in [0.5, 0.6) is 11.5 Å². The molecule has 4 heteroatoms. The summed E-state index contributed by atoms with van der Waals surface area (Å²) in [6, 6.07) is 4.24. The number of rotatable bonds is 7. The Bertz CT molecular complexity index is 407. The molecule has 0 saturated heterocycles. The molecule has 0 aromatic heterocycles. The number of nitrogens with one attached hydrogen (secondary N) is 1. The second kappa shape index (κ2) is 7.36. The largest absolute Gasteiger partial charge is 0.493 e. The maximum Gasteiger partial charge on any atom is 0.161 e. The third kappa shape index (κ3) is 4.11. The first-order chi connectivity index (χ1) is 9.03. The van der Waals surface area contributed by atoms with E-state index in [1.165, 1.54) is 5.56 Å². The number of aliphatic hydroxyl groups excluding tert-OH is 1. The molecule has 0 aliphatic rings. The average molecular weight is 267 g/mol. The molecule has 0 heterocycles. The van der Waals surface area contributed by atoms with Gasteiger partial charge in [-0.2, -0.15) is 0 Å². The molecule has 2 unspecified atom stereocenters. The predicted molar refractivity (Wildman–Crippen MR) is 76.8 cm³/mol. The van der Waals surface area contributed by atoms with Crippen LogP contribution in [0.2, 0.25) is 0 Å². The van der Waals surface area contributed by atoms with Gasteiger partial charge >= 0.3 is 0 Å². The summed E-state index contributed by atoms with van der Waals surface area (Å²) in [5.74, 6) is 1.73. The van der Waals surface area contributed by atoms with Crippen molar-refractivity contribution in [1.29, 1.82) is 0 Å². The first-order valence-corrected chi connectivity index (χ1v) is 6.59. The van der Waals surface area contributed by atoms with Crippen molar-refractivity contribution < 1.29 is 14.6 Å². The summed E-state index contributed by atoms with van der Waals surface area (Å²) in [5.41, 5.74) is 2.34. The zero-order valence-corrected chi connectivity index (χ0v) is 12.5. The number of aryl methyl sites for hydroxylation is 1. The maximum absolute atomic E-state index is 9.13. The highest BCUT2D eigenvalue weighted by molar-refractivity contribution is 5.47. The van der Waals surface area contributed by atoms with Gasteiger partial charge in [0, 0.05) is 19.2 Å². The molecule has 0 amide bonds. The van der Waals surface area contributed by atoms with Crippen LogP contribution in [0.3, 0.4) is 0 Å². The molecule has 4 nitrogen and oxygen atoms in total. The minimum Gasteiger partial charge on any atom is -0.493 e. The molecule has 108 valence electrons. The fourth-order valence-corrected chi connectivity index (χ4v) is 1.84. The number of aliphatic hydroxyl groups is 1. The van der Waals surface area contributed by atoms with Gasteiger partial charge in [0.2, 0.25) is 0 Å². The van der Waals surface area contributed by atoms with Crippen molar-refractivity contribution in [3.8, 4) is 11.5 Å². The average Bonchev–Trinajstić information content (AvgIpc) is 2.44. The van der Waals surface area contributed by atoms with Crippen LogP contribution >= 0.6 is 0 Å². The lowest BCUT2D eigenvalue weighted by molar-refractivity contribution is 0.207. The van der Waals surface area contributed by atoms with Gasteiger partial charge in [0.1, 0.15) is 0 Å². The lowest BCUT2D eigenvalue weighted by atomic mass is 10.0. The van der Waals surface area contributed by atoms with Crippen LogP contribution in [0.25, 0.3) is 0 Å². The van der Waals surface area contributed by atoms with Crippen molar-refractivity contribution in [3.05, 3.63) is 23.3 Å². The zero-order valence-electron chi connectivity index (χ0n) is 12.5. The molecular weight excluding hydrogens is 242 g/mol. The van der Waals surface area contributed by atoms with Gasteiger partial charge in [-0.25, -0.2) is 0 Å². The van der Waals surface area contributed by atoms with Crippen LogP contribution in [0.1, 0.15) is 25.0 Å². The molecule has 0 saturated carbocycles. The standard InChI is InChI=1S/C15H25NO3/c1-10-6-14(18-4)15(19-5)7-13(10)8-16-12(3)11(2)9-17/h6-7,11-12,16-17H,8-9H2,1-5H3. The molecule has 0 bridgehead atoms. The first-order valence-electron chi connectivity index (χ1n) is 6.59. The van der Waals surface area contributed by atoms with E-state index in [0.717, 1.165) is 23.6 Å². The van der Waals surface area contributed by atoms with Crippen LogP contribution in [0.15, 0.2) is 12.1 Å². The van der Waals surface area contributed by atoms with E-state index in [9.17, 15) is 0 Å². The summed E-state index contributed by atoms with van der Waals surface area (Å²) < 4.78 is 10.6. The number of methoxy groups -OCH3 is 2. The molecule has 1 aromatic carbocycles. The molecule has 2 N–H and O–H groups in total. The van der Waals surface area contributed by atoms with E-state index in [1.807, 2.05) is 19.1 Å². The van der Waals surface area contributed by atoms with Crippen molar-refractivity contribution in [3.63, 3.8) is 0 Å². The Morgan fingerprint density at radius 1 is 1.16 bits per heavy atom. The zero-order chi connectivity index (χ0) is 14.4. The molecule has 0 aliphatic carbocycles. The van der Waals surface area contributed by atoms with Crippen molar-refractivity contribution in [2.75, 3.05) is 20.8 Å². The van der Waals surface area contributed by atoms with E-state index in [1.54, 1.807) is 14.2 Å². The molecule has 2 atom stereocenters. The van der Waals surface area contributed by atoms with E-state index in [-0.39, 0.29) is 18.6 Å². The van der Waals surface area contributed by atoms with Crippen LogP contribution in [0.4, 0.5) is 0 Å². The summed E-state index contributed by atoms with van der Waals surface area (Å²) in [6.07, 6.45) is 0. The van der Waals surface area contributed by atoms with E-state index >= 15 is 0 Å². The van der Waals surface area contributed by atoms with E-state index < -0.39 is 0 Å². The minimum atomic E-state index is 0.194. The number of ether oxygens (including phenoxy) is 2. The highest BCUT2D eigenvalue weighted by Gasteiger charge is 2.12. The van der Waals surface area contributed by atoms with E-state index in [2.05, 4.69) is 19.2 Å². The third-order valence-corrected chi connectivity index (χ3v) is 3.60. The Hall–Kier alpha value is -1.26. The number of hydrogen-bond donors (Lipinski definition) is 2. The van der Waals surface area contributed by atoms with Crippen molar-refractivity contribution >= 4 is 0 Å². The Kier molecular flexibility index (Phi) is 6.12. The molecule has 0 aliphatic heterocycles. The van der Waals surface area contributed by atoms with E-state index in [4.69, 9.17) is 14.6 Å². The number of hydrogen-bond acceptors (Lipinski definition) is 4. The van der Waals surface area contributed by atoms with Gasteiger partial charge in [-0.05, 0) is 43.0 Å². The lowest BCUT2D eigenvalue weighted by Crippen LogP contribution is -2.33. The second-order valence-corrected chi connectivity index (χ2v) is 4.96. The highest BCUT2D eigenvalue weighted by atomic mass is 16.5. The lowest BCUT2D eigenvalue weighted by Gasteiger charge is -2.20. The van der Waals surface area contributed by atoms with Crippen molar-refractivity contribution in [2.24, 2.45) is 5.92 Å². The quantitative estimate of drug-likeness (QED) is 0.794. The monoisotopic (exact) mass is 267 g/mol. The summed E-state index contributed by atoms with van der Waals surface area (Å²) in [5, 5.41) is 12.6. The molecule has 1 aromatic rings. The first kappa shape index (κ1) is 15.8. The minimum absolute atomic E-state index is 0.194. The van der Waals surface area contributed by atoms with Crippen LogP contribution < -0.4 is 14.8 Å². The fraction of sp³-hybridized carbons (Fsp3) is 0.600. The van der Waals surface area contributed by atoms with Crippen molar-refractivity contribution in [1.82, 2.24) is 5.32 Å². The molecule has 19 heavy (non-hydrogen) atoms. The fourth-order valence-electron chi connectivity index (χ4n) is 1.84. The summed E-state index contributed by atoms with van der Waals surface area (Å²) in [7, 11) is 3.28. The summed E-state index contributed by atoms with van der Waals surface area (Å²) >= 11 is 0. The van der Waals surface area contributed by atoms with Crippen molar-refractivity contribution in [2.45, 2.75) is 33.4 Å². The molecule has 0 spiro atoms. The maximum atomic E-state index is 9.13. The van der Waals surface area contributed by atoms with Gasteiger partial charge < -0.3 is 19.9 Å². The van der Waals surface area contributed by atoms with Gasteiger partial charge in [-0.3, -0.25) is 0 Å². The third-order valence-electron chi connectivity index (χ3n) is 3.60. The Morgan fingerprint density at radius 3 is 2.26 bits per heavy atom. The Labute approximate surface area is 115 Å². The normalized spacial score (nSPS) is 14.0. The van der Waals surface area contributed by atoms with E-state index in [0.29, 0.717) is 0 Å². The topological polar surface area (TPSA) is 50.7 Å². The molecule has 1 rings (SSSR count). The van der Waals surface area contributed by atoms with Gasteiger partial charge in [-0.1, -0.05) is 6.92 Å². The van der Waals surface area contributed by atoms with Crippen LogP contribution in [-0.4, -0.2) is 32.0 Å². The van der Waals surface area contributed by atoms with Gasteiger partial charge in [0.05, 0.1) is 14.2 Å². The van der Waals surface area contributed by atoms with Crippen LogP contribution in [-0.2, 0) is 6.54 Å². The summed E-state index contributed by atoms with van der Waals surface area (Å²) in [6.45, 7) is 7.10. The Balaban J connectivity index is 2.78. The molecule has 0 radical (unpaired) electrons. The van der Waals surface area contributed by atoms with Gasteiger partial charge in [-0.15, -0.1) is 0 Å². The highest BCUT2D eigenvalue weighted by Crippen LogP contribution is 2.30. The smallest absolute Gasteiger partial charge is 0.161 e. The SMILES string of the molecule is COc1cc(C)c(CNC(C)C(C)CO)cc1OC. The number of benzene rings is 1. The van der Waals surface area contributed by atoms with Gasteiger partial charge in [0.15, 0.2) is 11.5 Å². The molecule has 0 fully saturated rings. The Morgan fingerprint density at radius 2 is 1.74 bits per heavy atom. The predicted octanol–water partition coefficient (Wildman–Crippen LogP) is 2.12. The summed E-state index contributed by atoms with van der Waals surface area (Å²) in [4.78, 5) is 0. The van der Waals surface area contributed by atoms with Crippen LogP contribution in [0, 0.1) is 12.8 Å². The second-order valence-electron chi connectivity index (χ2n) is 4.96. The molecular formula is C15H25NO3. The van der Waals surface area contributed by atoms with Gasteiger partial charge in [0.25, 0.3) is 0 Å².